The van der Waals surface area contributed by atoms with Crippen molar-refractivity contribution in [3.05, 3.63) is 53.6 Å². The number of aliphatic hydroxyl groups is 1. The van der Waals surface area contributed by atoms with E-state index in [0.29, 0.717) is 17.3 Å². The maximum atomic E-state index is 12.7. The van der Waals surface area contributed by atoms with Crippen molar-refractivity contribution >= 4 is 17.4 Å². The Morgan fingerprint density at radius 1 is 1.29 bits per heavy atom. The second kappa shape index (κ2) is 6.96. The van der Waals surface area contributed by atoms with Gasteiger partial charge in [-0.05, 0) is 43.7 Å². The molecule has 2 fully saturated rings. The SMILES string of the molecule is O=C(Nc1cc(C2CCCN2CO)nc2c(C3CC3)cnn12)c1cccnc1. The van der Waals surface area contributed by atoms with Crippen LogP contribution in [0.1, 0.15) is 59.3 Å². The summed E-state index contributed by atoms with van der Waals surface area (Å²) in [7, 11) is 0. The number of hydrogen-bond donors (Lipinski definition) is 2. The highest BCUT2D eigenvalue weighted by molar-refractivity contribution is 6.03. The first-order chi connectivity index (χ1) is 13.7. The van der Waals surface area contributed by atoms with Gasteiger partial charge in [0.1, 0.15) is 5.82 Å². The second-order valence-electron chi connectivity index (χ2n) is 7.48. The third-order valence-corrected chi connectivity index (χ3v) is 5.59. The van der Waals surface area contributed by atoms with Gasteiger partial charge < -0.3 is 10.4 Å². The third kappa shape index (κ3) is 3.04. The summed E-state index contributed by atoms with van der Waals surface area (Å²) in [6, 6.07) is 5.39. The van der Waals surface area contributed by atoms with E-state index in [1.807, 2.05) is 17.2 Å². The molecule has 1 saturated heterocycles. The maximum Gasteiger partial charge on any atom is 0.258 e. The molecule has 144 valence electrons. The van der Waals surface area contributed by atoms with Crippen molar-refractivity contribution in [2.45, 2.75) is 37.6 Å². The molecule has 0 spiro atoms. The highest BCUT2D eigenvalue weighted by atomic mass is 16.3. The number of likely N-dealkylation sites (tertiary alicyclic amines) is 1. The number of rotatable bonds is 5. The van der Waals surface area contributed by atoms with E-state index in [1.165, 1.54) is 6.20 Å². The molecule has 2 aliphatic rings. The van der Waals surface area contributed by atoms with Crippen molar-refractivity contribution in [1.82, 2.24) is 24.5 Å². The summed E-state index contributed by atoms with van der Waals surface area (Å²) in [5.74, 6) is 0.852. The van der Waals surface area contributed by atoms with Crippen molar-refractivity contribution in [3.63, 3.8) is 0 Å². The van der Waals surface area contributed by atoms with Crippen molar-refractivity contribution in [3.8, 4) is 0 Å². The monoisotopic (exact) mass is 378 g/mol. The Morgan fingerprint density at radius 3 is 2.93 bits per heavy atom. The van der Waals surface area contributed by atoms with Gasteiger partial charge in [-0.25, -0.2) is 4.98 Å². The predicted octanol–water partition coefficient (Wildman–Crippen LogP) is 2.34. The number of nitrogens with zero attached hydrogens (tertiary/aromatic N) is 5. The third-order valence-electron chi connectivity index (χ3n) is 5.59. The standard InChI is InChI=1S/C20H22N6O2/c27-12-25-8-2-4-17(25)16-9-18(24-20(28)14-3-1-7-21-10-14)26-19(23-16)15(11-22-26)13-5-6-13/h1,3,7,9-11,13,17,27H,2,4-6,8,12H2,(H,24,28). The summed E-state index contributed by atoms with van der Waals surface area (Å²) in [5.41, 5.74) is 3.28. The molecule has 0 bridgehead atoms. The largest absolute Gasteiger partial charge is 0.381 e. The first-order valence-electron chi connectivity index (χ1n) is 9.69. The van der Waals surface area contributed by atoms with Gasteiger partial charge in [0.05, 0.1) is 30.2 Å². The molecule has 1 saturated carbocycles. The molecule has 1 amide bonds. The summed E-state index contributed by atoms with van der Waals surface area (Å²) in [6.45, 7) is 0.851. The van der Waals surface area contributed by atoms with E-state index in [-0.39, 0.29) is 18.7 Å². The Balaban J connectivity index is 1.57. The Labute approximate surface area is 162 Å². The van der Waals surface area contributed by atoms with Crippen molar-refractivity contribution in [1.29, 1.82) is 0 Å². The van der Waals surface area contributed by atoms with Crippen LogP contribution in [0.15, 0.2) is 36.8 Å². The topological polar surface area (TPSA) is 95.7 Å². The van der Waals surface area contributed by atoms with E-state index >= 15 is 0 Å². The van der Waals surface area contributed by atoms with Gasteiger partial charge in [0.2, 0.25) is 0 Å². The highest BCUT2D eigenvalue weighted by Crippen LogP contribution is 2.42. The van der Waals surface area contributed by atoms with E-state index < -0.39 is 0 Å². The summed E-state index contributed by atoms with van der Waals surface area (Å²) in [5, 5.41) is 17.2. The molecule has 1 unspecified atom stereocenters. The molecule has 1 aliphatic carbocycles. The normalized spacial score (nSPS) is 20.0. The molecule has 28 heavy (non-hydrogen) atoms. The van der Waals surface area contributed by atoms with Crippen LogP contribution in [0, 0.1) is 0 Å². The van der Waals surface area contributed by atoms with E-state index in [1.54, 1.807) is 22.8 Å². The lowest BCUT2D eigenvalue weighted by Gasteiger charge is -2.22. The van der Waals surface area contributed by atoms with Gasteiger partial charge in [-0.2, -0.15) is 9.61 Å². The number of aromatic nitrogens is 4. The number of pyridine rings is 1. The van der Waals surface area contributed by atoms with Gasteiger partial charge in [-0.1, -0.05) is 0 Å². The predicted molar refractivity (Wildman–Crippen MR) is 103 cm³/mol. The molecule has 2 N–H and O–H groups in total. The number of aliphatic hydroxyl groups excluding tert-OH is 1. The maximum absolute atomic E-state index is 12.7. The fourth-order valence-corrected chi connectivity index (χ4v) is 3.96. The number of fused-ring (bicyclic) bond motifs is 1. The quantitative estimate of drug-likeness (QED) is 0.708. The molecule has 3 aromatic heterocycles. The number of amides is 1. The summed E-state index contributed by atoms with van der Waals surface area (Å²) < 4.78 is 1.71. The lowest BCUT2D eigenvalue weighted by atomic mass is 10.1. The van der Waals surface area contributed by atoms with Gasteiger partial charge in [0.15, 0.2) is 5.65 Å². The minimum atomic E-state index is -0.236. The van der Waals surface area contributed by atoms with Crippen LogP contribution >= 0.6 is 0 Å². The van der Waals surface area contributed by atoms with Crippen LogP contribution in [-0.2, 0) is 0 Å². The van der Waals surface area contributed by atoms with Gasteiger partial charge >= 0.3 is 0 Å². The Hall–Kier alpha value is -2.84. The summed E-state index contributed by atoms with van der Waals surface area (Å²) in [4.78, 5) is 23.6. The number of carbonyl (C=O) groups is 1. The molecular weight excluding hydrogens is 356 g/mol. The van der Waals surface area contributed by atoms with E-state index in [4.69, 9.17) is 4.98 Å². The molecule has 8 nitrogen and oxygen atoms in total. The summed E-state index contributed by atoms with van der Waals surface area (Å²) >= 11 is 0. The number of hydrogen-bond acceptors (Lipinski definition) is 6. The van der Waals surface area contributed by atoms with Crippen LogP contribution in [0.4, 0.5) is 5.82 Å². The Bertz CT molecular complexity index is 1010. The average Bonchev–Trinajstić information content (AvgIpc) is 3.29. The first-order valence-corrected chi connectivity index (χ1v) is 9.69. The fraction of sp³-hybridized carbons (Fsp3) is 0.400. The van der Waals surface area contributed by atoms with Gasteiger partial charge in [0.25, 0.3) is 5.91 Å². The smallest absolute Gasteiger partial charge is 0.258 e. The van der Waals surface area contributed by atoms with Crippen LogP contribution < -0.4 is 5.32 Å². The lowest BCUT2D eigenvalue weighted by molar-refractivity contribution is 0.0948. The molecule has 0 radical (unpaired) electrons. The number of anilines is 1. The molecular formula is C20H22N6O2. The molecule has 3 aromatic rings. The highest BCUT2D eigenvalue weighted by Gasteiger charge is 2.31. The van der Waals surface area contributed by atoms with Crippen molar-refractivity contribution in [2.24, 2.45) is 0 Å². The first kappa shape index (κ1) is 17.3. The van der Waals surface area contributed by atoms with Crippen molar-refractivity contribution < 1.29 is 9.90 Å². The molecule has 8 heteroatoms. The van der Waals surface area contributed by atoms with Gasteiger partial charge in [0, 0.05) is 30.6 Å². The molecule has 1 atom stereocenters. The van der Waals surface area contributed by atoms with E-state index in [2.05, 4.69) is 15.4 Å². The van der Waals surface area contributed by atoms with E-state index in [9.17, 15) is 9.90 Å². The average molecular weight is 378 g/mol. The fourth-order valence-electron chi connectivity index (χ4n) is 3.96. The van der Waals surface area contributed by atoms with Crippen LogP contribution in [0.2, 0.25) is 0 Å². The van der Waals surface area contributed by atoms with Crippen LogP contribution in [-0.4, -0.2) is 48.8 Å². The lowest BCUT2D eigenvalue weighted by Crippen LogP contribution is -2.25. The zero-order valence-electron chi connectivity index (χ0n) is 15.5. The molecule has 0 aromatic carbocycles. The zero-order valence-corrected chi connectivity index (χ0v) is 15.5. The Kier molecular flexibility index (Phi) is 4.29. The summed E-state index contributed by atoms with van der Waals surface area (Å²) in [6.07, 6.45) is 9.29. The van der Waals surface area contributed by atoms with Crippen molar-refractivity contribution in [2.75, 3.05) is 18.6 Å². The minimum absolute atomic E-state index is 0.00362. The van der Waals surface area contributed by atoms with Crippen LogP contribution in [0.5, 0.6) is 0 Å². The van der Waals surface area contributed by atoms with Gasteiger partial charge in [-0.3, -0.25) is 14.7 Å². The molecule has 1 aliphatic heterocycles. The number of nitrogens with one attached hydrogen (secondary N) is 1. The Morgan fingerprint density at radius 2 is 2.18 bits per heavy atom. The minimum Gasteiger partial charge on any atom is -0.381 e. The second-order valence-corrected chi connectivity index (χ2v) is 7.48. The van der Waals surface area contributed by atoms with Gasteiger partial charge in [-0.15, -0.1) is 0 Å². The van der Waals surface area contributed by atoms with E-state index in [0.717, 1.165) is 49.1 Å². The molecule has 4 heterocycles. The van der Waals surface area contributed by atoms with Crippen LogP contribution in [0.3, 0.4) is 0 Å². The molecule has 5 rings (SSSR count). The van der Waals surface area contributed by atoms with Crippen LogP contribution in [0.25, 0.3) is 5.65 Å². The zero-order chi connectivity index (χ0) is 19.1. The number of carbonyl (C=O) groups excluding carboxylic acids is 1.